The van der Waals surface area contributed by atoms with Gasteiger partial charge in [0.15, 0.2) is 0 Å². The number of Topliss-reactive ketones (excluding diaryl/α,β-unsaturated/α-hetero) is 1. The van der Waals surface area contributed by atoms with Crippen molar-refractivity contribution in [3.8, 4) is 11.8 Å². The van der Waals surface area contributed by atoms with E-state index in [9.17, 15) is 4.79 Å². The van der Waals surface area contributed by atoms with Gasteiger partial charge in [-0.15, -0.1) is 0 Å². The molecule has 0 saturated heterocycles. The van der Waals surface area contributed by atoms with E-state index in [-0.39, 0.29) is 5.78 Å². The second kappa shape index (κ2) is 7.67. The van der Waals surface area contributed by atoms with Gasteiger partial charge in [0.1, 0.15) is 0 Å². The Morgan fingerprint density at radius 3 is 2.75 bits per heavy atom. The van der Waals surface area contributed by atoms with Crippen LogP contribution in [0.15, 0.2) is 30.3 Å². The van der Waals surface area contributed by atoms with E-state index in [1.807, 2.05) is 30.3 Å². The van der Waals surface area contributed by atoms with Crippen LogP contribution in [0.3, 0.4) is 0 Å². The molecule has 0 heterocycles. The fraction of sp³-hybridized carbons (Fsp3) is 0.357. The lowest BCUT2D eigenvalue weighted by molar-refractivity contribution is -0.111. The zero-order valence-corrected chi connectivity index (χ0v) is 9.53. The fourth-order valence-corrected chi connectivity index (χ4v) is 1.21. The van der Waals surface area contributed by atoms with Crippen molar-refractivity contribution in [2.24, 2.45) is 0 Å². The molecule has 0 aromatic heterocycles. The highest BCUT2D eigenvalue weighted by atomic mass is 16.5. The molecule has 0 atom stereocenters. The summed E-state index contributed by atoms with van der Waals surface area (Å²) in [4.78, 5) is 10.5. The van der Waals surface area contributed by atoms with Gasteiger partial charge in [0, 0.05) is 20.0 Å². The molecule has 0 aliphatic carbocycles. The molecule has 0 amide bonds. The molecule has 2 heteroatoms. The fourth-order valence-electron chi connectivity index (χ4n) is 1.21. The lowest BCUT2D eigenvalue weighted by atomic mass is 10.2. The predicted octanol–water partition coefficient (Wildman–Crippen LogP) is 2.58. The quantitative estimate of drug-likeness (QED) is 0.429. The number of hydrogen-bond donors (Lipinski definition) is 0. The summed E-state index contributed by atoms with van der Waals surface area (Å²) in [6, 6.07) is 10.1. The van der Waals surface area contributed by atoms with Crippen molar-refractivity contribution in [3.05, 3.63) is 35.9 Å². The van der Waals surface area contributed by atoms with Gasteiger partial charge in [-0.25, -0.2) is 0 Å². The number of rotatable bonds is 5. The van der Waals surface area contributed by atoms with Crippen LogP contribution in [-0.4, -0.2) is 12.4 Å². The van der Waals surface area contributed by atoms with Crippen LogP contribution in [0.25, 0.3) is 0 Å². The first-order valence-electron chi connectivity index (χ1n) is 5.40. The third-order valence-corrected chi connectivity index (χ3v) is 1.97. The second-order valence-electron chi connectivity index (χ2n) is 3.50. The number of benzene rings is 1. The maximum atomic E-state index is 10.5. The van der Waals surface area contributed by atoms with E-state index in [1.54, 1.807) is 0 Å². The molecule has 2 nitrogen and oxygen atoms in total. The van der Waals surface area contributed by atoms with Crippen LogP contribution in [-0.2, 0) is 16.1 Å². The Bertz CT molecular complexity index is 371. The van der Waals surface area contributed by atoms with Crippen molar-refractivity contribution < 1.29 is 9.53 Å². The summed E-state index contributed by atoms with van der Waals surface area (Å²) in [6.07, 6.45) is 1.58. The highest BCUT2D eigenvalue weighted by molar-refractivity contribution is 5.93. The maximum absolute atomic E-state index is 10.5. The molecule has 0 unspecified atom stereocenters. The van der Waals surface area contributed by atoms with Gasteiger partial charge in [0.2, 0.25) is 5.78 Å². The Hall–Kier alpha value is -1.59. The minimum atomic E-state index is -0.0785. The smallest absolute Gasteiger partial charge is 0.202 e. The molecule has 1 aromatic carbocycles. The Labute approximate surface area is 96.6 Å². The van der Waals surface area contributed by atoms with Crippen LogP contribution in [0.2, 0.25) is 0 Å². The van der Waals surface area contributed by atoms with Crippen molar-refractivity contribution in [1.29, 1.82) is 0 Å². The van der Waals surface area contributed by atoms with E-state index in [2.05, 4.69) is 11.8 Å². The van der Waals surface area contributed by atoms with Crippen LogP contribution in [0.4, 0.5) is 0 Å². The average Bonchev–Trinajstić information content (AvgIpc) is 2.29. The monoisotopic (exact) mass is 216 g/mol. The van der Waals surface area contributed by atoms with E-state index < -0.39 is 0 Å². The third kappa shape index (κ3) is 6.00. The molecule has 0 N–H and O–H groups in total. The predicted molar refractivity (Wildman–Crippen MR) is 63.8 cm³/mol. The summed E-state index contributed by atoms with van der Waals surface area (Å²) in [7, 11) is 0. The highest BCUT2D eigenvalue weighted by Gasteiger charge is 1.91. The van der Waals surface area contributed by atoms with Crippen molar-refractivity contribution in [1.82, 2.24) is 0 Å². The molecule has 0 radical (unpaired) electrons. The lowest BCUT2D eigenvalue weighted by Crippen LogP contribution is -1.94. The number of carbonyl (C=O) groups is 1. The molecular weight excluding hydrogens is 200 g/mol. The summed E-state index contributed by atoms with van der Waals surface area (Å²) in [5, 5.41) is 0. The normalized spacial score (nSPS) is 9.31. The van der Waals surface area contributed by atoms with Crippen molar-refractivity contribution in [2.75, 3.05) is 6.61 Å². The molecule has 0 saturated carbocycles. The Morgan fingerprint density at radius 2 is 2.06 bits per heavy atom. The lowest BCUT2D eigenvalue weighted by Gasteiger charge is -2.02. The summed E-state index contributed by atoms with van der Waals surface area (Å²) >= 11 is 0. The van der Waals surface area contributed by atoms with Gasteiger partial charge in [-0.2, -0.15) is 0 Å². The molecule has 0 fully saturated rings. The maximum Gasteiger partial charge on any atom is 0.202 e. The number of ketones is 1. The van der Waals surface area contributed by atoms with Gasteiger partial charge in [-0.3, -0.25) is 4.79 Å². The first-order valence-corrected chi connectivity index (χ1v) is 5.40. The summed E-state index contributed by atoms with van der Waals surface area (Å²) in [5.74, 6) is 5.24. The van der Waals surface area contributed by atoms with E-state index in [4.69, 9.17) is 4.74 Å². The van der Waals surface area contributed by atoms with E-state index >= 15 is 0 Å². The zero-order valence-electron chi connectivity index (χ0n) is 9.53. The van der Waals surface area contributed by atoms with Gasteiger partial charge in [-0.1, -0.05) is 36.3 Å². The number of unbranched alkanes of at least 4 members (excludes halogenated alkanes) is 1. The van der Waals surface area contributed by atoms with Crippen LogP contribution >= 0.6 is 0 Å². The minimum absolute atomic E-state index is 0.0785. The molecular formula is C14H16O2. The van der Waals surface area contributed by atoms with E-state index in [0.29, 0.717) is 19.6 Å². The molecule has 16 heavy (non-hydrogen) atoms. The first kappa shape index (κ1) is 12.5. The molecule has 84 valence electrons. The van der Waals surface area contributed by atoms with Crippen LogP contribution in [0.1, 0.15) is 25.3 Å². The molecule has 0 bridgehead atoms. The highest BCUT2D eigenvalue weighted by Crippen LogP contribution is 2.01. The van der Waals surface area contributed by atoms with Crippen molar-refractivity contribution in [2.45, 2.75) is 26.4 Å². The Morgan fingerprint density at radius 1 is 1.31 bits per heavy atom. The zero-order chi connectivity index (χ0) is 11.6. The molecule has 1 aromatic rings. The van der Waals surface area contributed by atoms with Crippen molar-refractivity contribution >= 4 is 5.78 Å². The summed E-state index contributed by atoms with van der Waals surface area (Å²) in [6.45, 7) is 2.79. The van der Waals surface area contributed by atoms with Gasteiger partial charge >= 0.3 is 0 Å². The molecule has 0 aliphatic rings. The molecule has 1 rings (SSSR count). The average molecular weight is 216 g/mol. The molecule has 0 aliphatic heterocycles. The Kier molecular flexibility index (Phi) is 5.98. The van der Waals surface area contributed by atoms with Crippen LogP contribution in [0, 0.1) is 11.8 Å². The van der Waals surface area contributed by atoms with Gasteiger partial charge < -0.3 is 4.74 Å². The van der Waals surface area contributed by atoms with E-state index in [0.717, 1.165) is 6.42 Å². The first-order chi connectivity index (χ1) is 7.79. The minimum Gasteiger partial charge on any atom is -0.377 e. The standard InChI is InChI=1S/C14H16O2/c1-13(15)8-4-3-7-11-16-12-14-9-5-2-6-10-14/h2,5-6,9-10H,3,7,11-12H2,1H3. The largest absolute Gasteiger partial charge is 0.377 e. The molecule has 0 spiro atoms. The van der Waals surface area contributed by atoms with Crippen LogP contribution in [0.5, 0.6) is 0 Å². The second-order valence-corrected chi connectivity index (χ2v) is 3.50. The topological polar surface area (TPSA) is 26.3 Å². The van der Waals surface area contributed by atoms with Gasteiger partial charge in [-0.05, 0) is 17.9 Å². The number of hydrogen-bond acceptors (Lipinski definition) is 2. The van der Waals surface area contributed by atoms with Gasteiger partial charge in [0.25, 0.3) is 0 Å². The summed E-state index contributed by atoms with van der Waals surface area (Å²) in [5.41, 5.74) is 1.18. The van der Waals surface area contributed by atoms with Gasteiger partial charge in [0.05, 0.1) is 6.61 Å². The number of ether oxygens (including phenoxy) is 1. The van der Waals surface area contributed by atoms with Crippen molar-refractivity contribution in [3.63, 3.8) is 0 Å². The van der Waals surface area contributed by atoms with E-state index in [1.165, 1.54) is 12.5 Å². The number of carbonyl (C=O) groups excluding carboxylic acids is 1. The van der Waals surface area contributed by atoms with Crippen LogP contribution < -0.4 is 0 Å². The third-order valence-electron chi connectivity index (χ3n) is 1.97. The Balaban J connectivity index is 2.05. The SMILES string of the molecule is CC(=O)C#CCCCOCc1ccccc1. The summed E-state index contributed by atoms with van der Waals surface area (Å²) < 4.78 is 5.47.